The molecule has 1 unspecified atom stereocenters. The summed E-state index contributed by atoms with van der Waals surface area (Å²) in [5.41, 5.74) is 5.11. The summed E-state index contributed by atoms with van der Waals surface area (Å²) < 4.78 is 0. The van der Waals surface area contributed by atoms with Gasteiger partial charge in [0.1, 0.15) is 0 Å². The molecular weight excluding hydrogens is 214 g/mol. The van der Waals surface area contributed by atoms with Crippen molar-refractivity contribution in [3.63, 3.8) is 0 Å². The zero-order valence-corrected chi connectivity index (χ0v) is 11.2. The highest BCUT2D eigenvalue weighted by molar-refractivity contribution is 5.73. The number of carbonyl (C=O) groups is 1. The second kappa shape index (κ2) is 7.67. The number of primary amides is 1. The maximum atomic E-state index is 10.6. The van der Waals surface area contributed by atoms with Crippen molar-refractivity contribution in [2.75, 3.05) is 26.2 Å². The van der Waals surface area contributed by atoms with Crippen molar-refractivity contribution in [3.05, 3.63) is 0 Å². The molecule has 4 nitrogen and oxygen atoms in total. The van der Waals surface area contributed by atoms with Crippen LogP contribution in [0.2, 0.25) is 0 Å². The van der Waals surface area contributed by atoms with Crippen LogP contribution in [0.4, 0.5) is 0 Å². The van der Waals surface area contributed by atoms with Gasteiger partial charge in [-0.2, -0.15) is 0 Å². The summed E-state index contributed by atoms with van der Waals surface area (Å²) in [6, 6.07) is 0.557. The van der Waals surface area contributed by atoms with Crippen molar-refractivity contribution in [1.29, 1.82) is 0 Å². The van der Waals surface area contributed by atoms with E-state index >= 15 is 0 Å². The standard InChI is InChI=1S/C13H27N3O/c1-3-16-9-6-12(7-10-16)11(2)15-8-4-5-13(14)17/h11-12,15H,3-10H2,1-2H3,(H2,14,17). The largest absolute Gasteiger partial charge is 0.370 e. The second-order valence-electron chi connectivity index (χ2n) is 5.08. The van der Waals surface area contributed by atoms with Crippen molar-refractivity contribution < 1.29 is 4.79 Å². The minimum atomic E-state index is -0.198. The fraction of sp³-hybridized carbons (Fsp3) is 0.923. The Morgan fingerprint density at radius 1 is 1.47 bits per heavy atom. The quantitative estimate of drug-likeness (QED) is 0.653. The maximum Gasteiger partial charge on any atom is 0.217 e. The van der Waals surface area contributed by atoms with Crippen LogP contribution >= 0.6 is 0 Å². The Morgan fingerprint density at radius 3 is 2.65 bits per heavy atom. The van der Waals surface area contributed by atoms with Gasteiger partial charge in [0.15, 0.2) is 0 Å². The molecule has 0 aromatic heterocycles. The first kappa shape index (κ1) is 14.5. The Morgan fingerprint density at radius 2 is 2.12 bits per heavy atom. The van der Waals surface area contributed by atoms with Crippen LogP contribution in [-0.4, -0.2) is 43.0 Å². The van der Waals surface area contributed by atoms with Gasteiger partial charge < -0.3 is 16.0 Å². The molecule has 0 spiro atoms. The number of nitrogens with one attached hydrogen (secondary N) is 1. The fourth-order valence-electron chi connectivity index (χ4n) is 2.53. The van der Waals surface area contributed by atoms with Gasteiger partial charge in [0.25, 0.3) is 0 Å². The molecule has 1 rings (SSSR count). The molecule has 1 aliphatic rings. The summed E-state index contributed by atoms with van der Waals surface area (Å²) in [6.07, 6.45) is 3.93. The van der Waals surface area contributed by atoms with E-state index in [1.165, 1.54) is 32.5 Å². The number of piperidine rings is 1. The van der Waals surface area contributed by atoms with Crippen LogP contribution in [0.3, 0.4) is 0 Å². The van der Waals surface area contributed by atoms with Gasteiger partial charge in [0, 0.05) is 12.5 Å². The van der Waals surface area contributed by atoms with E-state index in [-0.39, 0.29) is 5.91 Å². The Hall–Kier alpha value is -0.610. The highest BCUT2D eigenvalue weighted by Gasteiger charge is 2.22. The molecule has 1 saturated heterocycles. The molecule has 17 heavy (non-hydrogen) atoms. The molecule has 3 N–H and O–H groups in total. The molecule has 1 amide bonds. The van der Waals surface area contributed by atoms with Gasteiger partial charge >= 0.3 is 0 Å². The van der Waals surface area contributed by atoms with Crippen molar-refractivity contribution in [1.82, 2.24) is 10.2 Å². The lowest BCUT2D eigenvalue weighted by Gasteiger charge is -2.34. The van der Waals surface area contributed by atoms with Gasteiger partial charge in [-0.25, -0.2) is 0 Å². The van der Waals surface area contributed by atoms with E-state index in [4.69, 9.17) is 5.73 Å². The number of nitrogens with zero attached hydrogens (tertiary/aromatic N) is 1. The average Bonchev–Trinajstić information content (AvgIpc) is 2.34. The number of nitrogens with two attached hydrogens (primary N) is 1. The van der Waals surface area contributed by atoms with Gasteiger partial charge in [0.2, 0.25) is 5.91 Å². The Bertz CT molecular complexity index is 225. The zero-order chi connectivity index (χ0) is 12.7. The summed E-state index contributed by atoms with van der Waals surface area (Å²) in [4.78, 5) is 13.1. The molecule has 4 heteroatoms. The Balaban J connectivity index is 2.11. The first-order valence-corrected chi connectivity index (χ1v) is 6.87. The van der Waals surface area contributed by atoms with Crippen LogP contribution in [0.25, 0.3) is 0 Å². The lowest BCUT2D eigenvalue weighted by molar-refractivity contribution is -0.118. The van der Waals surface area contributed by atoms with E-state index < -0.39 is 0 Å². The van der Waals surface area contributed by atoms with Crippen LogP contribution in [-0.2, 0) is 4.79 Å². The van der Waals surface area contributed by atoms with Gasteiger partial charge in [-0.1, -0.05) is 6.92 Å². The fourth-order valence-corrected chi connectivity index (χ4v) is 2.53. The predicted octanol–water partition coefficient (Wildman–Crippen LogP) is 0.962. The smallest absolute Gasteiger partial charge is 0.217 e. The molecule has 0 saturated carbocycles. The zero-order valence-electron chi connectivity index (χ0n) is 11.2. The van der Waals surface area contributed by atoms with Crippen LogP contribution in [0.15, 0.2) is 0 Å². The lowest BCUT2D eigenvalue weighted by Crippen LogP contribution is -2.42. The second-order valence-corrected chi connectivity index (χ2v) is 5.08. The third-order valence-electron chi connectivity index (χ3n) is 3.85. The molecule has 0 radical (unpaired) electrons. The highest BCUT2D eigenvalue weighted by atomic mass is 16.1. The number of amides is 1. The molecule has 0 aromatic carbocycles. The number of carbonyl (C=O) groups excluding carboxylic acids is 1. The van der Waals surface area contributed by atoms with Gasteiger partial charge in [-0.15, -0.1) is 0 Å². The van der Waals surface area contributed by atoms with E-state index in [1.54, 1.807) is 0 Å². The van der Waals surface area contributed by atoms with Crippen LogP contribution in [0.1, 0.15) is 39.5 Å². The van der Waals surface area contributed by atoms with E-state index in [0.717, 1.165) is 18.9 Å². The van der Waals surface area contributed by atoms with E-state index in [2.05, 4.69) is 24.1 Å². The Kier molecular flexibility index (Phi) is 6.52. The molecule has 0 aromatic rings. The first-order valence-electron chi connectivity index (χ1n) is 6.87. The molecule has 100 valence electrons. The van der Waals surface area contributed by atoms with Gasteiger partial charge in [-0.3, -0.25) is 4.79 Å². The highest BCUT2D eigenvalue weighted by Crippen LogP contribution is 2.20. The summed E-state index contributed by atoms with van der Waals surface area (Å²) in [5.74, 6) is 0.585. The van der Waals surface area contributed by atoms with Crippen molar-refractivity contribution >= 4 is 5.91 Å². The molecule has 1 atom stereocenters. The SMILES string of the molecule is CCN1CCC(C(C)NCCCC(N)=O)CC1. The van der Waals surface area contributed by atoms with Crippen LogP contribution in [0.5, 0.6) is 0 Å². The summed E-state index contributed by atoms with van der Waals surface area (Å²) >= 11 is 0. The van der Waals surface area contributed by atoms with E-state index in [9.17, 15) is 4.79 Å². The summed E-state index contributed by atoms with van der Waals surface area (Å²) in [7, 11) is 0. The Labute approximate surface area is 105 Å². The van der Waals surface area contributed by atoms with E-state index in [0.29, 0.717) is 12.5 Å². The molecule has 1 fully saturated rings. The monoisotopic (exact) mass is 241 g/mol. The number of likely N-dealkylation sites (tertiary alicyclic amines) is 1. The summed E-state index contributed by atoms with van der Waals surface area (Å²) in [6.45, 7) is 9.02. The van der Waals surface area contributed by atoms with Crippen LogP contribution < -0.4 is 11.1 Å². The average molecular weight is 241 g/mol. The molecule has 1 aliphatic heterocycles. The van der Waals surface area contributed by atoms with E-state index in [1.807, 2.05) is 0 Å². The molecule has 0 bridgehead atoms. The molecule has 0 aliphatic carbocycles. The first-order chi connectivity index (χ1) is 8.13. The van der Waals surface area contributed by atoms with Crippen molar-refractivity contribution in [3.8, 4) is 0 Å². The molecule has 1 heterocycles. The number of hydrogen-bond acceptors (Lipinski definition) is 3. The third-order valence-corrected chi connectivity index (χ3v) is 3.85. The van der Waals surface area contributed by atoms with Gasteiger partial charge in [-0.05, 0) is 58.3 Å². The number of hydrogen-bond donors (Lipinski definition) is 2. The minimum Gasteiger partial charge on any atom is -0.370 e. The van der Waals surface area contributed by atoms with Crippen molar-refractivity contribution in [2.45, 2.75) is 45.6 Å². The summed E-state index contributed by atoms with van der Waals surface area (Å²) in [5, 5.41) is 3.51. The van der Waals surface area contributed by atoms with Crippen LogP contribution in [0, 0.1) is 5.92 Å². The topological polar surface area (TPSA) is 58.4 Å². The van der Waals surface area contributed by atoms with Crippen molar-refractivity contribution in [2.24, 2.45) is 11.7 Å². The minimum absolute atomic E-state index is 0.198. The predicted molar refractivity (Wildman–Crippen MR) is 70.7 cm³/mol. The van der Waals surface area contributed by atoms with Gasteiger partial charge in [0.05, 0.1) is 0 Å². The maximum absolute atomic E-state index is 10.6. The number of rotatable bonds is 7. The normalized spacial score (nSPS) is 20.4. The lowest BCUT2D eigenvalue weighted by atomic mass is 9.90. The third kappa shape index (κ3) is 5.50. The molecular formula is C13H27N3O.